The molecule has 1 N–H and O–H groups in total. The van der Waals surface area contributed by atoms with E-state index in [0.717, 1.165) is 19.3 Å². The first-order valence-corrected chi connectivity index (χ1v) is 3.53. The van der Waals surface area contributed by atoms with E-state index in [-0.39, 0.29) is 5.91 Å². The van der Waals surface area contributed by atoms with E-state index in [9.17, 15) is 9.59 Å². The molecule has 1 amide bonds. The van der Waals surface area contributed by atoms with E-state index in [1.807, 2.05) is 0 Å². The number of amides is 1. The third-order valence-electron chi connectivity index (χ3n) is 1.75. The van der Waals surface area contributed by atoms with Crippen molar-refractivity contribution in [1.82, 2.24) is 5.32 Å². The number of carbonyl (C=O) groups excluding carboxylic acids is 2. The monoisotopic (exact) mass is 141 g/mol. The van der Waals surface area contributed by atoms with Crippen LogP contribution in [-0.4, -0.2) is 18.7 Å². The Morgan fingerprint density at radius 2 is 2.50 bits per heavy atom. The quantitative estimate of drug-likeness (QED) is 0.567. The molecule has 3 nitrogen and oxygen atoms in total. The van der Waals surface area contributed by atoms with Gasteiger partial charge in [-0.1, -0.05) is 0 Å². The second-order valence-corrected chi connectivity index (χ2v) is 2.62. The lowest BCUT2D eigenvalue weighted by Crippen LogP contribution is -2.13. The third kappa shape index (κ3) is 1.83. The van der Waals surface area contributed by atoms with Gasteiger partial charge >= 0.3 is 0 Å². The van der Waals surface area contributed by atoms with Crippen LogP contribution in [-0.2, 0) is 9.59 Å². The minimum Gasteiger partial charge on any atom is -0.356 e. The van der Waals surface area contributed by atoms with Gasteiger partial charge in [-0.25, -0.2) is 0 Å². The summed E-state index contributed by atoms with van der Waals surface area (Å²) < 4.78 is 0. The van der Waals surface area contributed by atoms with Crippen molar-refractivity contribution in [2.24, 2.45) is 5.92 Å². The molecule has 10 heavy (non-hydrogen) atoms. The zero-order chi connectivity index (χ0) is 7.40. The Morgan fingerprint density at radius 1 is 1.70 bits per heavy atom. The van der Waals surface area contributed by atoms with Crippen LogP contribution >= 0.6 is 0 Å². The fraction of sp³-hybridized carbons (Fsp3) is 0.714. The molecule has 1 aliphatic heterocycles. The van der Waals surface area contributed by atoms with Crippen LogP contribution in [0.25, 0.3) is 0 Å². The molecule has 1 saturated heterocycles. The molecule has 0 aromatic carbocycles. The molecule has 1 heterocycles. The summed E-state index contributed by atoms with van der Waals surface area (Å²) in [5.74, 6) is 0.522. The topological polar surface area (TPSA) is 46.2 Å². The molecule has 3 heteroatoms. The highest BCUT2D eigenvalue weighted by Crippen LogP contribution is 2.13. The van der Waals surface area contributed by atoms with Gasteiger partial charge in [0.2, 0.25) is 5.91 Å². The van der Waals surface area contributed by atoms with Crippen LogP contribution in [0.2, 0.25) is 0 Å². The summed E-state index contributed by atoms with van der Waals surface area (Å²) in [4.78, 5) is 20.6. The second-order valence-electron chi connectivity index (χ2n) is 2.62. The lowest BCUT2D eigenvalue weighted by molar-refractivity contribution is -0.119. The maximum atomic E-state index is 10.6. The highest BCUT2D eigenvalue weighted by atomic mass is 16.1. The normalized spacial score (nSPS) is 24.4. The van der Waals surface area contributed by atoms with E-state index >= 15 is 0 Å². The summed E-state index contributed by atoms with van der Waals surface area (Å²) in [6.07, 6.45) is 2.94. The van der Waals surface area contributed by atoms with E-state index in [1.54, 1.807) is 0 Å². The Bertz CT molecular complexity index is 145. The van der Waals surface area contributed by atoms with E-state index < -0.39 is 0 Å². The predicted molar refractivity (Wildman–Crippen MR) is 36.4 cm³/mol. The van der Waals surface area contributed by atoms with E-state index in [4.69, 9.17) is 0 Å². The molecule has 56 valence electrons. The number of carbonyl (C=O) groups is 2. The Kier molecular flexibility index (Phi) is 2.42. The average molecular weight is 141 g/mol. The number of nitrogens with one attached hydrogen (secondary N) is 1. The molecule has 0 aromatic rings. The lowest BCUT2D eigenvalue weighted by atomic mass is 10.0. The van der Waals surface area contributed by atoms with Crippen molar-refractivity contribution in [2.75, 3.05) is 6.54 Å². The molecular formula is C7H11NO2. The minimum absolute atomic E-state index is 0.121. The molecule has 0 bridgehead atoms. The van der Waals surface area contributed by atoms with Gasteiger partial charge in [-0.3, -0.25) is 4.79 Å². The molecule has 1 fully saturated rings. The van der Waals surface area contributed by atoms with Gasteiger partial charge in [0, 0.05) is 19.4 Å². The van der Waals surface area contributed by atoms with Gasteiger partial charge in [0.15, 0.2) is 0 Å². The van der Waals surface area contributed by atoms with Crippen LogP contribution in [0.3, 0.4) is 0 Å². The Labute approximate surface area is 59.8 Å². The summed E-state index contributed by atoms with van der Waals surface area (Å²) in [6.45, 7) is 0.757. The molecule has 1 atom stereocenters. The van der Waals surface area contributed by atoms with Crippen LogP contribution in [0.1, 0.15) is 19.3 Å². The van der Waals surface area contributed by atoms with Gasteiger partial charge in [-0.2, -0.15) is 0 Å². The van der Waals surface area contributed by atoms with Gasteiger partial charge in [0.25, 0.3) is 0 Å². The lowest BCUT2D eigenvalue weighted by Gasteiger charge is -2.00. The number of hydrogen-bond donors (Lipinski definition) is 1. The Balaban J connectivity index is 2.18. The predicted octanol–water partition coefficient (Wildman–Crippen LogP) is 0.102. The van der Waals surface area contributed by atoms with Crippen LogP contribution in [0, 0.1) is 5.92 Å². The third-order valence-corrected chi connectivity index (χ3v) is 1.75. The molecule has 0 radical (unpaired) electrons. The number of hydrogen-bond acceptors (Lipinski definition) is 2. The molecule has 1 aliphatic rings. The van der Waals surface area contributed by atoms with Gasteiger partial charge in [0.05, 0.1) is 0 Å². The highest BCUT2D eigenvalue weighted by Gasteiger charge is 2.20. The number of aldehydes is 1. The summed E-state index contributed by atoms with van der Waals surface area (Å²) >= 11 is 0. The van der Waals surface area contributed by atoms with Crippen LogP contribution in [0.4, 0.5) is 0 Å². The molecule has 0 aliphatic carbocycles. The smallest absolute Gasteiger partial charge is 0.220 e. The van der Waals surface area contributed by atoms with E-state index in [1.165, 1.54) is 0 Å². The van der Waals surface area contributed by atoms with Crippen LogP contribution < -0.4 is 5.32 Å². The van der Waals surface area contributed by atoms with Crippen molar-refractivity contribution in [3.05, 3.63) is 0 Å². The second kappa shape index (κ2) is 3.34. The Hall–Kier alpha value is -0.860. The Morgan fingerprint density at radius 3 is 3.00 bits per heavy atom. The molecular weight excluding hydrogens is 130 g/mol. The zero-order valence-electron chi connectivity index (χ0n) is 5.80. The number of rotatable bonds is 3. The molecule has 1 unspecified atom stereocenters. The summed E-state index contributed by atoms with van der Waals surface area (Å²) in [6, 6.07) is 0. The summed E-state index contributed by atoms with van der Waals surface area (Å²) in [7, 11) is 0. The van der Waals surface area contributed by atoms with Crippen molar-refractivity contribution < 1.29 is 9.59 Å². The zero-order valence-corrected chi connectivity index (χ0v) is 5.80. The van der Waals surface area contributed by atoms with Crippen LogP contribution in [0.5, 0.6) is 0 Å². The minimum atomic E-state index is 0.121. The average Bonchev–Trinajstić information content (AvgIpc) is 2.31. The van der Waals surface area contributed by atoms with Gasteiger partial charge < -0.3 is 10.1 Å². The SMILES string of the molecule is O=CCCC1CNC(=O)C1. The van der Waals surface area contributed by atoms with Crippen molar-refractivity contribution in [2.45, 2.75) is 19.3 Å². The van der Waals surface area contributed by atoms with E-state index in [0.29, 0.717) is 18.8 Å². The first-order chi connectivity index (χ1) is 4.83. The van der Waals surface area contributed by atoms with Crippen LogP contribution in [0.15, 0.2) is 0 Å². The molecule has 0 spiro atoms. The summed E-state index contributed by atoms with van der Waals surface area (Å²) in [5, 5.41) is 2.72. The van der Waals surface area contributed by atoms with Crippen molar-refractivity contribution in [3.8, 4) is 0 Å². The first kappa shape index (κ1) is 7.25. The fourth-order valence-electron chi connectivity index (χ4n) is 1.17. The standard InChI is InChI=1S/C7H11NO2/c9-3-1-2-6-4-7(10)8-5-6/h3,6H,1-2,4-5H2,(H,8,10). The largest absolute Gasteiger partial charge is 0.356 e. The highest BCUT2D eigenvalue weighted by molar-refractivity contribution is 5.78. The van der Waals surface area contributed by atoms with Gasteiger partial charge in [0.1, 0.15) is 6.29 Å². The van der Waals surface area contributed by atoms with E-state index in [2.05, 4.69) is 5.32 Å². The van der Waals surface area contributed by atoms with Crippen molar-refractivity contribution in [1.29, 1.82) is 0 Å². The molecule has 1 rings (SSSR count). The maximum absolute atomic E-state index is 10.6. The summed E-state index contributed by atoms with van der Waals surface area (Å²) in [5.41, 5.74) is 0. The van der Waals surface area contributed by atoms with Gasteiger partial charge in [-0.05, 0) is 12.3 Å². The molecule has 0 aromatic heterocycles. The first-order valence-electron chi connectivity index (χ1n) is 3.53. The van der Waals surface area contributed by atoms with Crippen molar-refractivity contribution in [3.63, 3.8) is 0 Å². The van der Waals surface area contributed by atoms with Gasteiger partial charge in [-0.15, -0.1) is 0 Å². The maximum Gasteiger partial charge on any atom is 0.220 e. The fourth-order valence-corrected chi connectivity index (χ4v) is 1.17. The van der Waals surface area contributed by atoms with Crippen molar-refractivity contribution >= 4 is 12.2 Å². The molecule has 0 saturated carbocycles.